The average Bonchev–Trinajstić information content (AvgIpc) is 3.22. The number of halogens is 1. The Bertz CT molecular complexity index is 1370. The van der Waals surface area contributed by atoms with Crippen LogP contribution in [0.4, 0.5) is 5.69 Å². The molecule has 2 aromatic carbocycles. The molecule has 0 unspecified atom stereocenters. The lowest BCUT2D eigenvalue weighted by Crippen LogP contribution is -2.36. The Hall–Kier alpha value is -2.68. The van der Waals surface area contributed by atoms with Crippen LogP contribution in [0.5, 0.6) is 0 Å². The first-order valence-electron chi connectivity index (χ1n) is 10.4. The maximum absolute atomic E-state index is 13.7. The van der Waals surface area contributed by atoms with Crippen LogP contribution in [0.1, 0.15) is 5.56 Å². The summed E-state index contributed by atoms with van der Waals surface area (Å²) in [7, 11) is -3.86. The van der Waals surface area contributed by atoms with Gasteiger partial charge < -0.3 is 9.64 Å². The van der Waals surface area contributed by atoms with Gasteiger partial charge in [0.15, 0.2) is 5.65 Å². The van der Waals surface area contributed by atoms with Crippen molar-refractivity contribution in [1.29, 1.82) is 0 Å². The molecule has 0 atom stereocenters. The molecule has 0 saturated carbocycles. The highest BCUT2D eigenvalue weighted by Crippen LogP contribution is 2.35. The van der Waals surface area contributed by atoms with E-state index in [0.717, 1.165) is 39.8 Å². The number of aromatic nitrogens is 2. The van der Waals surface area contributed by atoms with Crippen LogP contribution < -0.4 is 4.90 Å². The molecule has 0 spiro atoms. The molecule has 1 fully saturated rings. The fourth-order valence-corrected chi connectivity index (χ4v) is 5.86. The molecule has 32 heavy (non-hydrogen) atoms. The van der Waals surface area contributed by atoms with E-state index in [1.54, 1.807) is 30.5 Å². The maximum Gasteiger partial charge on any atom is 0.269 e. The van der Waals surface area contributed by atoms with Crippen molar-refractivity contribution in [3.8, 4) is 11.3 Å². The van der Waals surface area contributed by atoms with Gasteiger partial charge in [0.25, 0.3) is 10.0 Å². The summed E-state index contributed by atoms with van der Waals surface area (Å²) in [6.45, 7) is 5.05. The van der Waals surface area contributed by atoms with Crippen molar-refractivity contribution in [3.05, 3.63) is 76.9 Å². The molecule has 0 bridgehead atoms. The first-order valence-corrected chi connectivity index (χ1v) is 12.6. The molecule has 0 N–H and O–H groups in total. The second kappa shape index (κ2) is 8.35. The second-order valence-corrected chi connectivity index (χ2v) is 10.4. The normalized spacial score (nSPS) is 14.8. The van der Waals surface area contributed by atoms with Gasteiger partial charge in [0.05, 0.1) is 23.8 Å². The van der Waals surface area contributed by atoms with Crippen LogP contribution in [0.3, 0.4) is 0 Å². The number of hydrogen-bond acceptors (Lipinski definition) is 5. The minimum Gasteiger partial charge on any atom is -0.378 e. The molecule has 0 aliphatic carbocycles. The number of nitrogens with zero attached hydrogens (tertiary/aromatic N) is 3. The maximum atomic E-state index is 13.7. The molecule has 0 radical (unpaired) electrons. The number of hydrogen-bond donors (Lipinski definition) is 0. The Morgan fingerprint density at radius 1 is 0.969 bits per heavy atom. The zero-order valence-corrected chi connectivity index (χ0v) is 19.9. The van der Waals surface area contributed by atoms with E-state index in [1.807, 2.05) is 43.3 Å². The standard InChI is InChI=1S/C24H22BrN3O3S/c1-17-2-8-20(9-3-17)32(29,30)28-23(16-21-22(25)10-11-26-24(21)28)18-4-6-19(7-5-18)27-12-14-31-15-13-27/h2-11,16H,12-15H2,1H3. The third kappa shape index (κ3) is 3.72. The second-order valence-electron chi connectivity index (χ2n) is 7.79. The van der Waals surface area contributed by atoms with Crippen LogP contribution >= 0.6 is 15.9 Å². The predicted molar refractivity (Wildman–Crippen MR) is 130 cm³/mol. The lowest BCUT2D eigenvalue weighted by molar-refractivity contribution is 0.122. The van der Waals surface area contributed by atoms with Gasteiger partial charge >= 0.3 is 0 Å². The number of anilines is 1. The van der Waals surface area contributed by atoms with Gasteiger partial charge in [-0.15, -0.1) is 0 Å². The number of aryl methyl sites for hydroxylation is 1. The molecular formula is C24H22BrN3O3S. The summed E-state index contributed by atoms with van der Waals surface area (Å²) < 4.78 is 35.0. The predicted octanol–water partition coefficient (Wildman–Crippen LogP) is 4.85. The molecule has 5 rings (SSSR count). The summed E-state index contributed by atoms with van der Waals surface area (Å²) in [5.41, 5.74) is 3.88. The van der Waals surface area contributed by atoms with E-state index in [1.165, 1.54) is 3.97 Å². The highest BCUT2D eigenvalue weighted by atomic mass is 79.9. The van der Waals surface area contributed by atoms with Crippen molar-refractivity contribution in [2.24, 2.45) is 0 Å². The van der Waals surface area contributed by atoms with E-state index < -0.39 is 10.0 Å². The highest BCUT2D eigenvalue weighted by Gasteiger charge is 2.25. The van der Waals surface area contributed by atoms with Crippen molar-refractivity contribution in [2.45, 2.75) is 11.8 Å². The van der Waals surface area contributed by atoms with Gasteiger partial charge in [0.2, 0.25) is 0 Å². The van der Waals surface area contributed by atoms with Gasteiger partial charge in [-0.2, -0.15) is 0 Å². The zero-order chi connectivity index (χ0) is 22.3. The third-order valence-corrected chi connectivity index (χ3v) is 8.12. The molecule has 164 valence electrons. The molecule has 8 heteroatoms. The van der Waals surface area contributed by atoms with Gasteiger partial charge in [-0.25, -0.2) is 17.4 Å². The molecule has 1 aliphatic rings. The number of ether oxygens (including phenoxy) is 1. The van der Waals surface area contributed by atoms with E-state index in [2.05, 4.69) is 25.8 Å². The minimum absolute atomic E-state index is 0.230. The van der Waals surface area contributed by atoms with Crippen molar-refractivity contribution >= 4 is 42.7 Å². The lowest BCUT2D eigenvalue weighted by atomic mass is 10.1. The molecule has 1 aliphatic heterocycles. The van der Waals surface area contributed by atoms with E-state index >= 15 is 0 Å². The first-order chi connectivity index (χ1) is 15.4. The van der Waals surface area contributed by atoms with Gasteiger partial charge in [-0.05, 0) is 64.8 Å². The van der Waals surface area contributed by atoms with E-state index in [-0.39, 0.29) is 4.90 Å². The third-order valence-electron chi connectivity index (χ3n) is 5.71. The Kier molecular flexibility index (Phi) is 5.53. The molecule has 4 aromatic rings. The monoisotopic (exact) mass is 511 g/mol. The fraction of sp³-hybridized carbons (Fsp3) is 0.208. The zero-order valence-electron chi connectivity index (χ0n) is 17.5. The van der Waals surface area contributed by atoms with Gasteiger partial charge in [-0.3, -0.25) is 0 Å². The van der Waals surface area contributed by atoms with Gasteiger partial charge in [0, 0.05) is 34.8 Å². The Balaban J connectivity index is 1.66. The smallest absolute Gasteiger partial charge is 0.269 e. The van der Waals surface area contributed by atoms with Crippen molar-refractivity contribution in [2.75, 3.05) is 31.2 Å². The average molecular weight is 512 g/mol. The summed E-state index contributed by atoms with van der Waals surface area (Å²) >= 11 is 3.55. The number of morpholine rings is 1. The van der Waals surface area contributed by atoms with Crippen molar-refractivity contribution < 1.29 is 13.2 Å². The fourth-order valence-electron chi connectivity index (χ4n) is 3.97. The van der Waals surface area contributed by atoms with E-state index in [9.17, 15) is 8.42 Å². The van der Waals surface area contributed by atoms with Gasteiger partial charge in [-0.1, -0.05) is 29.8 Å². The van der Waals surface area contributed by atoms with Crippen LogP contribution in [0, 0.1) is 6.92 Å². The molecule has 6 nitrogen and oxygen atoms in total. The quantitative estimate of drug-likeness (QED) is 0.391. The summed E-state index contributed by atoms with van der Waals surface area (Å²) in [6, 6.07) is 18.6. The highest BCUT2D eigenvalue weighted by molar-refractivity contribution is 9.10. The summed E-state index contributed by atoms with van der Waals surface area (Å²) in [5, 5.41) is 0.746. The lowest BCUT2D eigenvalue weighted by Gasteiger charge is -2.28. The van der Waals surface area contributed by atoms with Crippen LogP contribution in [0.2, 0.25) is 0 Å². The largest absolute Gasteiger partial charge is 0.378 e. The van der Waals surface area contributed by atoms with Crippen molar-refractivity contribution in [3.63, 3.8) is 0 Å². The topological polar surface area (TPSA) is 64.4 Å². The first kappa shape index (κ1) is 21.2. The van der Waals surface area contributed by atoms with Gasteiger partial charge in [0.1, 0.15) is 0 Å². The number of rotatable bonds is 4. The minimum atomic E-state index is -3.86. The Morgan fingerprint density at radius 2 is 1.66 bits per heavy atom. The van der Waals surface area contributed by atoms with E-state index in [0.29, 0.717) is 24.6 Å². The molecule has 2 aromatic heterocycles. The number of pyridine rings is 1. The molecular weight excluding hydrogens is 490 g/mol. The van der Waals surface area contributed by atoms with Crippen molar-refractivity contribution in [1.82, 2.24) is 8.96 Å². The van der Waals surface area contributed by atoms with Crippen LogP contribution in [-0.2, 0) is 14.8 Å². The van der Waals surface area contributed by atoms with Crippen LogP contribution in [0.15, 0.2) is 76.2 Å². The Labute approximate surface area is 195 Å². The summed E-state index contributed by atoms with van der Waals surface area (Å²) in [5.74, 6) is 0. The van der Waals surface area contributed by atoms with Crippen LogP contribution in [-0.4, -0.2) is 43.7 Å². The molecule has 0 amide bonds. The SMILES string of the molecule is Cc1ccc(S(=O)(=O)n2c(-c3ccc(N4CCOCC4)cc3)cc3c(Br)ccnc32)cc1. The number of fused-ring (bicyclic) bond motifs is 1. The Morgan fingerprint density at radius 3 is 2.34 bits per heavy atom. The molecule has 3 heterocycles. The number of benzene rings is 2. The molecule has 1 saturated heterocycles. The summed E-state index contributed by atoms with van der Waals surface area (Å²) in [6.07, 6.45) is 1.61. The summed E-state index contributed by atoms with van der Waals surface area (Å²) in [4.78, 5) is 6.92. The van der Waals surface area contributed by atoms with Crippen LogP contribution in [0.25, 0.3) is 22.3 Å². The van der Waals surface area contributed by atoms with E-state index in [4.69, 9.17) is 4.74 Å².